The number of anilines is 1. The van der Waals surface area contributed by atoms with Gasteiger partial charge in [0, 0.05) is 38.6 Å². The van der Waals surface area contributed by atoms with Gasteiger partial charge < -0.3 is 14.4 Å². The van der Waals surface area contributed by atoms with Crippen molar-refractivity contribution >= 4 is 17.5 Å². The molecule has 1 saturated heterocycles. The van der Waals surface area contributed by atoms with E-state index >= 15 is 0 Å². The average Bonchev–Trinajstić information content (AvgIpc) is 2.83. The van der Waals surface area contributed by atoms with E-state index in [0.29, 0.717) is 25.0 Å². The highest BCUT2D eigenvalue weighted by Gasteiger charge is 2.21. The van der Waals surface area contributed by atoms with Crippen LogP contribution in [-0.2, 0) is 13.2 Å². The largest absolute Gasteiger partial charge is 0.458 e. The highest BCUT2D eigenvalue weighted by atomic mass is 35.5. The maximum atomic E-state index is 5.88. The second-order valence-corrected chi connectivity index (χ2v) is 7.64. The minimum atomic E-state index is 0.264. The number of aromatic nitrogens is 3. The van der Waals surface area contributed by atoms with E-state index in [1.807, 2.05) is 60.7 Å². The lowest BCUT2D eigenvalue weighted by atomic mass is 10.2. The van der Waals surface area contributed by atoms with Gasteiger partial charge in [-0.05, 0) is 11.1 Å². The van der Waals surface area contributed by atoms with Crippen LogP contribution in [-0.4, -0.2) is 58.5 Å². The molecule has 2 heterocycles. The lowest BCUT2D eigenvalue weighted by Crippen LogP contribution is -2.47. The maximum absolute atomic E-state index is 5.88. The van der Waals surface area contributed by atoms with E-state index in [9.17, 15) is 0 Å². The third-order valence-electron chi connectivity index (χ3n) is 5.06. The molecule has 0 atom stereocenters. The predicted octanol–water partition coefficient (Wildman–Crippen LogP) is 3.39. The lowest BCUT2D eigenvalue weighted by molar-refractivity contribution is 0.246. The van der Waals surface area contributed by atoms with Crippen molar-refractivity contribution < 1.29 is 9.47 Å². The van der Waals surface area contributed by atoms with Crippen LogP contribution >= 0.6 is 11.6 Å². The molecule has 0 N–H and O–H groups in total. The molecule has 1 aliphatic rings. The summed E-state index contributed by atoms with van der Waals surface area (Å²) in [6.07, 6.45) is 0. The fourth-order valence-electron chi connectivity index (χ4n) is 3.33. The molecule has 1 fully saturated rings. The van der Waals surface area contributed by atoms with Crippen molar-refractivity contribution in [1.82, 2.24) is 19.9 Å². The van der Waals surface area contributed by atoms with Crippen molar-refractivity contribution in [1.29, 1.82) is 0 Å². The van der Waals surface area contributed by atoms with Crippen LogP contribution in [0.2, 0.25) is 0 Å². The molecule has 0 amide bonds. The Hall–Kier alpha value is -2.90. The van der Waals surface area contributed by atoms with Crippen molar-refractivity contribution in [3.05, 3.63) is 71.8 Å². The van der Waals surface area contributed by atoms with Crippen LogP contribution in [0.15, 0.2) is 60.7 Å². The van der Waals surface area contributed by atoms with Crippen molar-refractivity contribution in [2.45, 2.75) is 13.2 Å². The van der Waals surface area contributed by atoms with Crippen molar-refractivity contribution in [2.24, 2.45) is 0 Å². The number of benzene rings is 2. The fourth-order valence-corrected chi connectivity index (χ4v) is 3.57. The predicted molar refractivity (Wildman–Crippen MR) is 121 cm³/mol. The summed E-state index contributed by atoms with van der Waals surface area (Å²) in [6.45, 7) is 5.12. The number of ether oxygens (including phenoxy) is 2. The first-order chi connectivity index (χ1) is 15.3. The first-order valence-corrected chi connectivity index (χ1v) is 11.0. The van der Waals surface area contributed by atoms with Crippen LogP contribution in [0.25, 0.3) is 0 Å². The summed E-state index contributed by atoms with van der Waals surface area (Å²) < 4.78 is 11.8. The zero-order valence-corrected chi connectivity index (χ0v) is 18.1. The Balaban J connectivity index is 1.48. The zero-order valence-electron chi connectivity index (χ0n) is 17.4. The Morgan fingerprint density at radius 3 is 1.71 bits per heavy atom. The van der Waals surface area contributed by atoms with Gasteiger partial charge >= 0.3 is 12.0 Å². The van der Waals surface area contributed by atoms with E-state index in [0.717, 1.165) is 43.9 Å². The molecular formula is C23H26ClN5O2. The van der Waals surface area contributed by atoms with Crippen molar-refractivity contribution in [3.8, 4) is 12.0 Å². The summed E-state index contributed by atoms with van der Waals surface area (Å²) in [6, 6.07) is 20.4. The quantitative estimate of drug-likeness (QED) is 0.473. The van der Waals surface area contributed by atoms with Crippen LogP contribution in [0.1, 0.15) is 11.1 Å². The topological polar surface area (TPSA) is 63.6 Å². The van der Waals surface area contributed by atoms with Gasteiger partial charge in [0.1, 0.15) is 13.2 Å². The van der Waals surface area contributed by atoms with E-state index in [1.54, 1.807) is 0 Å². The maximum Gasteiger partial charge on any atom is 0.324 e. The number of hydrogen-bond donors (Lipinski definition) is 0. The minimum Gasteiger partial charge on any atom is -0.458 e. The van der Waals surface area contributed by atoms with Crippen LogP contribution < -0.4 is 14.4 Å². The lowest BCUT2D eigenvalue weighted by Gasteiger charge is -2.34. The fraction of sp³-hybridized carbons (Fsp3) is 0.348. The number of piperazine rings is 1. The van der Waals surface area contributed by atoms with Gasteiger partial charge in [0.25, 0.3) is 0 Å². The molecule has 2 aromatic carbocycles. The van der Waals surface area contributed by atoms with Gasteiger partial charge in [0.15, 0.2) is 0 Å². The summed E-state index contributed by atoms with van der Waals surface area (Å²) in [5, 5.41) is 0. The van der Waals surface area contributed by atoms with Crippen molar-refractivity contribution in [2.75, 3.05) is 43.5 Å². The second-order valence-electron chi connectivity index (χ2n) is 7.27. The van der Waals surface area contributed by atoms with Gasteiger partial charge in [0.2, 0.25) is 5.95 Å². The molecule has 8 heteroatoms. The molecular weight excluding hydrogens is 414 g/mol. The molecule has 3 aromatic rings. The molecule has 7 nitrogen and oxygen atoms in total. The number of rotatable bonds is 9. The molecule has 4 rings (SSSR count). The molecule has 0 unspecified atom stereocenters. The summed E-state index contributed by atoms with van der Waals surface area (Å²) in [7, 11) is 0. The van der Waals surface area contributed by atoms with Gasteiger partial charge in [-0.2, -0.15) is 9.97 Å². The monoisotopic (exact) mass is 439 g/mol. The van der Waals surface area contributed by atoms with E-state index in [-0.39, 0.29) is 12.0 Å². The summed E-state index contributed by atoms with van der Waals surface area (Å²) in [5.74, 6) is 1.22. The number of halogens is 1. The van der Waals surface area contributed by atoms with E-state index in [2.05, 4.69) is 24.8 Å². The molecule has 0 radical (unpaired) electrons. The molecule has 1 aromatic heterocycles. The molecule has 1 aliphatic heterocycles. The van der Waals surface area contributed by atoms with E-state index in [4.69, 9.17) is 21.1 Å². The molecule has 0 aliphatic carbocycles. The highest BCUT2D eigenvalue weighted by molar-refractivity contribution is 6.18. The molecule has 0 spiro atoms. The molecule has 0 bridgehead atoms. The third-order valence-corrected chi connectivity index (χ3v) is 5.23. The smallest absolute Gasteiger partial charge is 0.324 e. The van der Waals surface area contributed by atoms with Gasteiger partial charge in [-0.15, -0.1) is 16.6 Å². The Kier molecular flexibility index (Phi) is 7.52. The number of hydrogen-bond acceptors (Lipinski definition) is 7. The van der Waals surface area contributed by atoms with Gasteiger partial charge in [-0.1, -0.05) is 60.7 Å². The molecule has 31 heavy (non-hydrogen) atoms. The van der Waals surface area contributed by atoms with Gasteiger partial charge in [0.05, 0.1) is 0 Å². The van der Waals surface area contributed by atoms with E-state index in [1.165, 1.54) is 0 Å². The summed E-state index contributed by atoms with van der Waals surface area (Å²) >= 11 is 5.88. The Labute approximate surface area is 187 Å². The van der Waals surface area contributed by atoms with Gasteiger partial charge in [-0.3, -0.25) is 4.90 Å². The second kappa shape index (κ2) is 10.9. The van der Waals surface area contributed by atoms with Crippen LogP contribution in [0.5, 0.6) is 12.0 Å². The highest BCUT2D eigenvalue weighted by Crippen LogP contribution is 2.20. The molecule has 162 valence electrons. The Bertz CT molecular complexity index is 875. The van der Waals surface area contributed by atoms with E-state index < -0.39 is 0 Å². The average molecular weight is 440 g/mol. The zero-order chi connectivity index (χ0) is 21.3. The number of alkyl halides is 1. The summed E-state index contributed by atoms with van der Waals surface area (Å²) in [4.78, 5) is 18.0. The van der Waals surface area contributed by atoms with Crippen LogP contribution in [0.4, 0.5) is 5.95 Å². The Morgan fingerprint density at radius 2 is 1.23 bits per heavy atom. The first kappa shape index (κ1) is 21.3. The third kappa shape index (κ3) is 6.29. The Morgan fingerprint density at radius 1 is 0.710 bits per heavy atom. The first-order valence-electron chi connectivity index (χ1n) is 10.4. The number of nitrogens with zero attached hydrogens (tertiary/aromatic N) is 5. The SMILES string of the molecule is ClCCN1CCN(c2nc(OCc3ccccc3)nc(OCc3ccccc3)n2)CC1. The van der Waals surface area contributed by atoms with Crippen LogP contribution in [0, 0.1) is 0 Å². The summed E-state index contributed by atoms with van der Waals surface area (Å²) in [5.41, 5.74) is 2.09. The van der Waals surface area contributed by atoms with Gasteiger partial charge in [-0.25, -0.2) is 0 Å². The normalized spacial score (nSPS) is 14.4. The molecule has 0 saturated carbocycles. The van der Waals surface area contributed by atoms with Crippen molar-refractivity contribution in [3.63, 3.8) is 0 Å². The minimum absolute atomic E-state index is 0.264. The van der Waals surface area contributed by atoms with Crippen LogP contribution in [0.3, 0.4) is 0 Å². The standard InChI is InChI=1S/C23H26ClN5O2/c24-11-12-28-13-15-29(16-14-28)21-25-22(30-17-19-7-3-1-4-8-19)27-23(26-21)31-18-20-9-5-2-6-10-20/h1-10H,11-18H2.